The molecule has 0 radical (unpaired) electrons. The van der Waals surface area contributed by atoms with E-state index in [2.05, 4.69) is 15.2 Å². The van der Waals surface area contributed by atoms with Crippen molar-refractivity contribution in [1.29, 1.82) is 0 Å². The number of nitrogens with one attached hydrogen (secondary N) is 1. The largest absolute Gasteiger partial charge is 0.481 e. The molecule has 2 N–H and O–H groups in total. The van der Waals surface area contributed by atoms with Crippen molar-refractivity contribution >= 4 is 29.1 Å². The molecule has 2 fully saturated rings. The molecule has 9 nitrogen and oxygen atoms in total. The summed E-state index contributed by atoms with van der Waals surface area (Å²) in [6, 6.07) is 15.8. The summed E-state index contributed by atoms with van der Waals surface area (Å²) in [5, 5.41) is 14.1. The SMILES string of the molecule is COc1nc(-c2cccc(-c3cccc(-c4cnc(CN5CC(C)(O)C5)c(OC)n4)c3Cl)c2Cl)ccc1CCC[C@@H]1CCC(=O)N1. The summed E-state index contributed by atoms with van der Waals surface area (Å²) in [6.07, 6.45) is 5.85. The van der Waals surface area contributed by atoms with E-state index in [1.54, 1.807) is 20.4 Å². The molecule has 0 aliphatic carbocycles. The lowest BCUT2D eigenvalue weighted by atomic mass is 9.97. The number of halogens is 2. The molecule has 2 aliphatic heterocycles. The van der Waals surface area contributed by atoms with Gasteiger partial charge in [-0.15, -0.1) is 0 Å². The number of benzene rings is 2. The van der Waals surface area contributed by atoms with Crippen LogP contribution in [0.15, 0.2) is 54.7 Å². The van der Waals surface area contributed by atoms with Crippen molar-refractivity contribution in [2.24, 2.45) is 0 Å². The van der Waals surface area contributed by atoms with Crippen LogP contribution >= 0.6 is 23.2 Å². The summed E-state index contributed by atoms with van der Waals surface area (Å²) in [6.45, 7) is 3.49. The van der Waals surface area contributed by atoms with Crippen molar-refractivity contribution in [2.45, 2.75) is 57.2 Å². The maximum absolute atomic E-state index is 11.5. The number of nitrogens with zero attached hydrogens (tertiary/aromatic N) is 4. The van der Waals surface area contributed by atoms with Crippen LogP contribution in [-0.2, 0) is 17.8 Å². The predicted octanol–water partition coefficient (Wildman–Crippen LogP) is 6.36. The first-order valence-corrected chi connectivity index (χ1v) is 16.2. The number of aliphatic hydroxyl groups is 1. The second kappa shape index (κ2) is 13.5. The Morgan fingerprint density at radius 2 is 1.57 bits per heavy atom. The fourth-order valence-corrected chi connectivity index (χ4v) is 6.98. The van der Waals surface area contributed by atoms with Crippen LogP contribution in [0, 0.1) is 0 Å². The molecule has 2 aliphatic rings. The van der Waals surface area contributed by atoms with Gasteiger partial charge in [-0.05, 0) is 38.7 Å². The zero-order valence-corrected chi connectivity index (χ0v) is 27.7. The van der Waals surface area contributed by atoms with Gasteiger partial charge in [-0.25, -0.2) is 9.97 Å². The minimum Gasteiger partial charge on any atom is -0.481 e. The molecular weight excluding hydrogens is 625 g/mol. The number of aromatic nitrogens is 3. The first-order chi connectivity index (χ1) is 22.2. The molecule has 240 valence electrons. The van der Waals surface area contributed by atoms with Crippen LogP contribution in [0.1, 0.15) is 43.9 Å². The number of likely N-dealkylation sites (tertiary alicyclic amines) is 1. The number of pyridine rings is 1. The van der Waals surface area contributed by atoms with Gasteiger partial charge in [0.05, 0.1) is 47.5 Å². The number of amides is 1. The van der Waals surface area contributed by atoms with Gasteiger partial charge in [-0.3, -0.25) is 14.7 Å². The Labute approximate surface area is 278 Å². The average molecular weight is 663 g/mol. The van der Waals surface area contributed by atoms with E-state index in [1.807, 2.05) is 55.5 Å². The van der Waals surface area contributed by atoms with Gasteiger partial charge < -0.3 is 19.9 Å². The van der Waals surface area contributed by atoms with Crippen LogP contribution in [0.25, 0.3) is 33.6 Å². The number of carbonyl (C=O) groups is 1. The van der Waals surface area contributed by atoms with Gasteiger partial charge in [0, 0.05) is 59.9 Å². The molecule has 2 saturated heterocycles. The Kier molecular flexibility index (Phi) is 9.47. The normalized spacial score (nSPS) is 17.4. The third-order valence-corrected chi connectivity index (χ3v) is 9.38. The Hall–Kier alpha value is -3.76. The Morgan fingerprint density at radius 3 is 2.17 bits per heavy atom. The zero-order chi connectivity index (χ0) is 32.4. The summed E-state index contributed by atoms with van der Waals surface area (Å²) < 4.78 is 11.3. The highest BCUT2D eigenvalue weighted by Crippen LogP contribution is 2.42. The molecule has 2 aromatic heterocycles. The lowest BCUT2D eigenvalue weighted by Crippen LogP contribution is -2.59. The maximum atomic E-state index is 11.5. The van der Waals surface area contributed by atoms with E-state index in [1.165, 1.54) is 0 Å². The van der Waals surface area contributed by atoms with Crippen molar-refractivity contribution in [1.82, 2.24) is 25.2 Å². The van der Waals surface area contributed by atoms with Crippen molar-refractivity contribution in [3.05, 3.63) is 76.0 Å². The standard InChI is InChI=1S/C35H37Cl2N5O4/c1-35(44)19-42(20-35)18-29-34(46-3)41-28(17-38-29)26-12-6-10-24(32(26)37)23-9-5-11-25(31(23)36)27-15-13-21(33(40-27)45-2)7-4-8-22-14-16-30(43)39-22/h5-6,9-13,15,17,22,44H,4,7-8,14,16,18-20H2,1-3H3,(H,39,43)/t22-/m1/s1. The fraction of sp³-hybridized carbons (Fsp3) is 0.371. The van der Waals surface area contributed by atoms with Gasteiger partial charge >= 0.3 is 0 Å². The summed E-state index contributed by atoms with van der Waals surface area (Å²) in [4.78, 5) is 27.8. The summed E-state index contributed by atoms with van der Waals surface area (Å²) in [7, 11) is 3.19. The first kappa shape index (κ1) is 32.2. The second-order valence-electron chi connectivity index (χ2n) is 12.2. The van der Waals surface area contributed by atoms with Gasteiger partial charge in [0.2, 0.25) is 17.7 Å². The molecular formula is C35H37Cl2N5O4. The molecule has 6 rings (SSSR count). The highest BCUT2D eigenvalue weighted by Gasteiger charge is 2.37. The molecule has 4 heterocycles. The Balaban J connectivity index is 1.24. The van der Waals surface area contributed by atoms with Crippen molar-refractivity contribution in [2.75, 3.05) is 27.3 Å². The van der Waals surface area contributed by atoms with Gasteiger partial charge in [-0.2, -0.15) is 0 Å². The lowest BCUT2D eigenvalue weighted by Gasteiger charge is -2.44. The molecule has 0 spiro atoms. The molecule has 11 heteroatoms. The van der Waals surface area contributed by atoms with E-state index >= 15 is 0 Å². The maximum Gasteiger partial charge on any atom is 0.237 e. The van der Waals surface area contributed by atoms with E-state index < -0.39 is 5.60 Å². The molecule has 0 bridgehead atoms. The summed E-state index contributed by atoms with van der Waals surface area (Å²) in [5.74, 6) is 1.11. The fourth-order valence-electron chi connectivity index (χ4n) is 6.33. The number of carbonyl (C=O) groups excluding carboxylic acids is 1. The lowest BCUT2D eigenvalue weighted by molar-refractivity contribution is -0.119. The van der Waals surface area contributed by atoms with Gasteiger partial charge in [0.15, 0.2) is 0 Å². The molecule has 46 heavy (non-hydrogen) atoms. The minimum absolute atomic E-state index is 0.138. The van der Waals surface area contributed by atoms with Crippen LogP contribution in [0.2, 0.25) is 10.0 Å². The monoisotopic (exact) mass is 661 g/mol. The highest BCUT2D eigenvalue weighted by molar-refractivity contribution is 6.39. The van der Waals surface area contributed by atoms with E-state index in [9.17, 15) is 9.90 Å². The van der Waals surface area contributed by atoms with E-state index in [0.717, 1.165) is 47.9 Å². The molecule has 0 saturated carbocycles. The quantitative estimate of drug-likeness (QED) is 0.191. The second-order valence-corrected chi connectivity index (χ2v) is 13.0. The third kappa shape index (κ3) is 6.83. The van der Waals surface area contributed by atoms with Gasteiger partial charge in [0.1, 0.15) is 5.69 Å². The first-order valence-electron chi connectivity index (χ1n) is 15.4. The number of rotatable bonds is 11. The molecule has 4 aromatic rings. The van der Waals surface area contributed by atoms with Gasteiger partial charge in [0.25, 0.3) is 0 Å². The highest BCUT2D eigenvalue weighted by atomic mass is 35.5. The number of β-amino-alcohol motifs (C(OH)–C–C–N with tert-alkyl or cyclic N) is 1. The van der Waals surface area contributed by atoms with E-state index in [-0.39, 0.29) is 11.9 Å². The Bertz CT molecular complexity index is 1760. The average Bonchev–Trinajstić information content (AvgIpc) is 3.45. The van der Waals surface area contributed by atoms with Crippen molar-refractivity contribution in [3.63, 3.8) is 0 Å². The van der Waals surface area contributed by atoms with Crippen LogP contribution in [0.4, 0.5) is 0 Å². The number of aryl methyl sites for hydroxylation is 1. The minimum atomic E-state index is -0.671. The van der Waals surface area contributed by atoms with Crippen molar-refractivity contribution in [3.8, 4) is 45.4 Å². The summed E-state index contributed by atoms with van der Waals surface area (Å²) >= 11 is 14.1. The Morgan fingerprint density at radius 1 is 0.935 bits per heavy atom. The smallest absolute Gasteiger partial charge is 0.237 e. The topological polar surface area (TPSA) is 110 Å². The zero-order valence-electron chi connectivity index (χ0n) is 26.1. The third-order valence-electron chi connectivity index (χ3n) is 8.56. The summed E-state index contributed by atoms with van der Waals surface area (Å²) in [5.41, 5.74) is 5.28. The number of hydrogen-bond donors (Lipinski definition) is 2. The molecule has 0 unspecified atom stereocenters. The van der Waals surface area contributed by atoms with Crippen LogP contribution in [-0.4, -0.2) is 69.8 Å². The van der Waals surface area contributed by atoms with Crippen LogP contribution < -0.4 is 14.8 Å². The number of ether oxygens (including phenoxy) is 2. The number of methoxy groups -OCH3 is 2. The van der Waals surface area contributed by atoms with Crippen LogP contribution in [0.3, 0.4) is 0 Å². The number of hydrogen-bond acceptors (Lipinski definition) is 8. The molecule has 1 amide bonds. The van der Waals surface area contributed by atoms with Crippen LogP contribution in [0.5, 0.6) is 11.8 Å². The van der Waals surface area contributed by atoms with E-state index in [4.69, 9.17) is 42.6 Å². The van der Waals surface area contributed by atoms with Crippen molar-refractivity contribution < 1.29 is 19.4 Å². The van der Waals surface area contributed by atoms with Gasteiger partial charge in [-0.1, -0.05) is 65.7 Å². The predicted molar refractivity (Wildman–Crippen MR) is 179 cm³/mol. The molecule has 2 aromatic carbocycles. The molecule has 1 atom stereocenters. The van der Waals surface area contributed by atoms with E-state index in [0.29, 0.717) is 70.5 Å².